The Kier molecular flexibility index (Phi) is 5.25. The minimum atomic E-state index is 0.349. The molecule has 1 unspecified atom stereocenters. The molecule has 1 aromatic heterocycles. The molecule has 1 aromatic carbocycles. The molecule has 2 aromatic rings. The molecule has 0 amide bonds. The van der Waals surface area contributed by atoms with Gasteiger partial charge in [0.1, 0.15) is 0 Å². The largest absolute Gasteiger partial charge is 0.306 e. The molecule has 1 N–H and O–H groups in total. The Balaban J connectivity index is 2.01. The van der Waals surface area contributed by atoms with Crippen LogP contribution >= 0.6 is 38.9 Å². The third-order valence-corrected chi connectivity index (χ3v) is 4.62. The van der Waals surface area contributed by atoms with Crippen molar-refractivity contribution < 1.29 is 0 Å². The smallest absolute Gasteiger partial charge is 0.0701 e. The van der Waals surface area contributed by atoms with Gasteiger partial charge in [-0.2, -0.15) is 0 Å². The fourth-order valence-corrected chi connectivity index (χ4v) is 3.31. The lowest BCUT2D eigenvalue weighted by molar-refractivity contribution is 0.519. The molecule has 1 heterocycles. The normalized spacial score (nSPS) is 12.6. The van der Waals surface area contributed by atoms with Crippen LogP contribution in [0.15, 0.2) is 39.5 Å². The van der Waals surface area contributed by atoms with Crippen molar-refractivity contribution in [3.05, 3.63) is 55.6 Å². The Hall–Kier alpha value is -0.350. The molecule has 0 fully saturated rings. The molecular weight excluding hydrogens is 330 g/mol. The van der Waals surface area contributed by atoms with Crippen LogP contribution in [0.25, 0.3) is 0 Å². The van der Waals surface area contributed by atoms with Gasteiger partial charge in [-0.15, -0.1) is 11.3 Å². The summed E-state index contributed by atoms with van der Waals surface area (Å²) in [7, 11) is 0. The first-order chi connectivity index (χ1) is 8.69. The lowest BCUT2D eigenvalue weighted by atomic mass is 10.0. The number of benzene rings is 1. The topological polar surface area (TPSA) is 12.0 Å². The molecule has 0 bridgehead atoms. The van der Waals surface area contributed by atoms with Crippen LogP contribution in [0.2, 0.25) is 5.02 Å². The summed E-state index contributed by atoms with van der Waals surface area (Å²) in [5, 5.41) is 6.54. The Labute approximate surface area is 125 Å². The van der Waals surface area contributed by atoms with E-state index in [0.29, 0.717) is 6.04 Å². The van der Waals surface area contributed by atoms with Crippen molar-refractivity contribution in [3.8, 4) is 0 Å². The van der Waals surface area contributed by atoms with Crippen LogP contribution in [0.4, 0.5) is 0 Å². The van der Waals surface area contributed by atoms with E-state index >= 15 is 0 Å². The van der Waals surface area contributed by atoms with Crippen LogP contribution in [0.5, 0.6) is 0 Å². The third-order valence-electron chi connectivity index (χ3n) is 2.83. The highest BCUT2D eigenvalue weighted by Crippen LogP contribution is 2.23. The monoisotopic (exact) mass is 343 g/mol. The van der Waals surface area contributed by atoms with E-state index in [-0.39, 0.29) is 0 Å². The van der Waals surface area contributed by atoms with Crippen molar-refractivity contribution in [2.45, 2.75) is 25.9 Å². The second-order valence-corrected chi connectivity index (χ2v) is 6.88. The number of thiophene rings is 1. The van der Waals surface area contributed by atoms with Crippen molar-refractivity contribution in [2.24, 2.45) is 0 Å². The standard InChI is InChI=1S/C14H15BrClNS/c1-2-13(11-4-3-5-12(16)7-11)17-8-10-6-14(15)18-9-10/h3-7,9,13,17H,2,8H2,1H3. The van der Waals surface area contributed by atoms with Crippen LogP contribution in [0, 0.1) is 0 Å². The Morgan fingerprint density at radius 1 is 1.39 bits per heavy atom. The van der Waals surface area contributed by atoms with Crippen LogP contribution in [-0.4, -0.2) is 0 Å². The first-order valence-corrected chi connectivity index (χ1v) is 7.96. The Morgan fingerprint density at radius 2 is 2.22 bits per heavy atom. The minimum Gasteiger partial charge on any atom is -0.306 e. The molecule has 96 valence electrons. The van der Waals surface area contributed by atoms with Crippen molar-refractivity contribution in [3.63, 3.8) is 0 Å². The molecule has 1 atom stereocenters. The lowest BCUT2D eigenvalue weighted by Gasteiger charge is -2.17. The summed E-state index contributed by atoms with van der Waals surface area (Å²) in [6, 6.07) is 10.6. The molecule has 0 aliphatic rings. The zero-order valence-corrected chi connectivity index (χ0v) is 13.3. The summed E-state index contributed by atoms with van der Waals surface area (Å²) in [6.07, 6.45) is 1.05. The van der Waals surface area contributed by atoms with Gasteiger partial charge in [-0.3, -0.25) is 0 Å². The predicted octanol–water partition coefficient (Wildman–Crippen LogP) is 5.40. The van der Waals surface area contributed by atoms with E-state index in [1.807, 2.05) is 18.2 Å². The third kappa shape index (κ3) is 3.82. The Morgan fingerprint density at radius 3 is 2.83 bits per heavy atom. The number of hydrogen-bond donors (Lipinski definition) is 1. The van der Waals surface area contributed by atoms with Gasteiger partial charge in [0.05, 0.1) is 3.79 Å². The molecule has 0 radical (unpaired) electrons. The SMILES string of the molecule is CCC(NCc1csc(Br)c1)c1cccc(Cl)c1. The minimum absolute atomic E-state index is 0.349. The zero-order chi connectivity index (χ0) is 13.0. The van der Waals surface area contributed by atoms with Gasteiger partial charge in [-0.1, -0.05) is 30.7 Å². The van der Waals surface area contributed by atoms with Gasteiger partial charge in [0, 0.05) is 17.6 Å². The van der Waals surface area contributed by atoms with Crippen LogP contribution in [-0.2, 0) is 6.54 Å². The highest BCUT2D eigenvalue weighted by molar-refractivity contribution is 9.11. The van der Waals surface area contributed by atoms with Crippen molar-refractivity contribution >= 4 is 38.9 Å². The first-order valence-electron chi connectivity index (χ1n) is 5.90. The van der Waals surface area contributed by atoms with E-state index in [9.17, 15) is 0 Å². The van der Waals surface area contributed by atoms with E-state index in [2.05, 4.69) is 45.7 Å². The van der Waals surface area contributed by atoms with Crippen molar-refractivity contribution in [1.29, 1.82) is 0 Å². The maximum atomic E-state index is 6.03. The predicted molar refractivity (Wildman–Crippen MR) is 83.3 cm³/mol. The highest BCUT2D eigenvalue weighted by Gasteiger charge is 2.09. The number of hydrogen-bond acceptors (Lipinski definition) is 2. The van der Waals surface area contributed by atoms with Crippen molar-refractivity contribution in [2.75, 3.05) is 0 Å². The zero-order valence-electron chi connectivity index (χ0n) is 10.1. The molecule has 0 saturated carbocycles. The molecule has 1 nitrogen and oxygen atoms in total. The van der Waals surface area contributed by atoms with Gasteiger partial charge in [-0.05, 0) is 57.1 Å². The fourth-order valence-electron chi connectivity index (χ4n) is 1.90. The van der Waals surface area contributed by atoms with E-state index in [1.165, 1.54) is 14.9 Å². The molecule has 0 aliphatic carbocycles. The van der Waals surface area contributed by atoms with Gasteiger partial charge in [0.25, 0.3) is 0 Å². The second-order valence-electron chi connectivity index (χ2n) is 4.16. The van der Waals surface area contributed by atoms with Gasteiger partial charge < -0.3 is 5.32 Å². The number of halogens is 2. The second kappa shape index (κ2) is 6.71. The molecule has 0 aliphatic heterocycles. The molecule has 18 heavy (non-hydrogen) atoms. The maximum absolute atomic E-state index is 6.03. The van der Waals surface area contributed by atoms with Gasteiger partial charge in [0.2, 0.25) is 0 Å². The first kappa shape index (κ1) is 14.1. The van der Waals surface area contributed by atoms with E-state index in [1.54, 1.807) is 11.3 Å². The molecule has 2 rings (SSSR count). The fraction of sp³-hybridized carbons (Fsp3) is 0.286. The van der Waals surface area contributed by atoms with Crippen LogP contribution < -0.4 is 5.32 Å². The van der Waals surface area contributed by atoms with E-state index in [0.717, 1.165) is 18.0 Å². The summed E-state index contributed by atoms with van der Waals surface area (Å²) in [6.45, 7) is 3.06. The summed E-state index contributed by atoms with van der Waals surface area (Å²) in [5.41, 5.74) is 2.56. The van der Waals surface area contributed by atoms with Gasteiger partial charge >= 0.3 is 0 Å². The average molecular weight is 345 g/mol. The van der Waals surface area contributed by atoms with Gasteiger partial charge in [-0.25, -0.2) is 0 Å². The summed E-state index contributed by atoms with van der Waals surface area (Å²) >= 11 is 11.2. The Bertz CT molecular complexity index is 512. The summed E-state index contributed by atoms with van der Waals surface area (Å²) in [5.74, 6) is 0. The van der Waals surface area contributed by atoms with Gasteiger partial charge in [0.15, 0.2) is 0 Å². The van der Waals surface area contributed by atoms with E-state index < -0.39 is 0 Å². The maximum Gasteiger partial charge on any atom is 0.0701 e. The summed E-state index contributed by atoms with van der Waals surface area (Å²) in [4.78, 5) is 0. The quantitative estimate of drug-likeness (QED) is 0.765. The van der Waals surface area contributed by atoms with Crippen LogP contribution in [0.1, 0.15) is 30.5 Å². The molecule has 4 heteroatoms. The number of rotatable bonds is 5. The number of nitrogens with one attached hydrogen (secondary N) is 1. The average Bonchev–Trinajstić information content (AvgIpc) is 2.76. The van der Waals surface area contributed by atoms with Crippen LogP contribution in [0.3, 0.4) is 0 Å². The van der Waals surface area contributed by atoms with Crippen molar-refractivity contribution in [1.82, 2.24) is 5.32 Å². The molecular formula is C14H15BrClNS. The van der Waals surface area contributed by atoms with E-state index in [4.69, 9.17) is 11.6 Å². The molecule has 0 saturated heterocycles. The highest BCUT2D eigenvalue weighted by atomic mass is 79.9. The molecule has 0 spiro atoms. The summed E-state index contributed by atoms with van der Waals surface area (Å²) < 4.78 is 1.18. The lowest BCUT2D eigenvalue weighted by Crippen LogP contribution is -2.19.